The number of rotatable bonds is 8. The van der Waals surface area contributed by atoms with Crippen LogP contribution in [0.1, 0.15) is 29.9 Å². The standard InChI is InChI=1S/C28H32N6O4/c1-17-11-20(3-4-22(17)18-6-9-34(10-7-18)15-21(36)16-35)31-27-26-19(5-8-30-28(26)37)12-23(33-27)24-13-29-14-25(32-24)38-2/h3-5,8,11-14,18,21,35-36H,6-7,9-10,15-16H2,1-2H3,(H,30,37)(H,31,33). The van der Waals surface area contributed by atoms with E-state index >= 15 is 0 Å². The van der Waals surface area contributed by atoms with Crippen molar-refractivity contribution in [2.45, 2.75) is 31.8 Å². The third-order valence-corrected chi connectivity index (χ3v) is 7.08. The van der Waals surface area contributed by atoms with Crippen molar-refractivity contribution in [3.63, 3.8) is 0 Å². The Hall–Kier alpha value is -3.86. The lowest BCUT2D eigenvalue weighted by molar-refractivity contribution is 0.0513. The van der Waals surface area contributed by atoms with E-state index in [9.17, 15) is 9.90 Å². The number of hydrogen-bond donors (Lipinski definition) is 4. The lowest BCUT2D eigenvalue weighted by Crippen LogP contribution is -2.39. The molecule has 0 amide bonds. The van der Waals surface area contributed by atoms with E-state index < -0.39 is 6.10 Å². The molecule has 1 atom stereocenters. The summed E-state index contributed by atoms with van der Waals surface area (Å²) in [6.45, 7) is 4.17. The van der Waals surface area contributed by atoms with Crippen molar-refractivity contribution in [3.05, 3.63) is 70.4 Å². The molecule has 1 saturated heterocycles. The Morgan fingerprint density at radius 2 is 1.97 bits per heavy atom. The fraction of sp³-hybridized carbons (Fsp3) is 0.357. The quantitative estimate of drug-likeness (QED) is 0.279. The Bertz CT molecular complexity index is 1480. The molecule has 3 aromatic heterocycles. The minimum Gasteiger partial charge on any atom is -0.480 e. The van der Waals surface area contributed by atoms with Crippen LogP contribution >= 0.6 is 0 Å². The summed E-state index contributed by atoms with van der Waals surface area (Å²) in [5, 5.41) is 23.4. The Kier molecular flexibility index (Phi) is 7.64. The zero-order chi connectivity index (χ0) is 26.6. The summed E-state index contributed by atoms with van der Waals surface area (Å²) in [4.78, 5) is 31.1. The highest BCUT2D eigenvalue weighted by Gasteiger charge is 2.23. The van der Waals surface area contributed by atoms with Gasteiger partial charge in [-0.1, -0.05) is 6.07 Å². The Labute approximate surface area is 220 Å². The van der Waals surface area contributed by atoms with Gasteiger partial charge in [-0.15, -0.1) is 0 Å². The average Bonchev–Trinajstić information content (AvgIpc) is 2.93. The predicted molar refractivity (Wildman–Crippen MR) is 146 cm³/mol. The minimum absolute atomic E-state index is 0.209. The molecule has 10 heteroatoms. The predicted octanol–water partition coefficient (Wildman–Crippen LogP) is 2.97. The van der Waals surface area contributed by atoms with E-state index in [-0.39, 0.29) is 12.2 Å². The van der Waals surface area contributed by atoms with Gasteiger partial charge in [0.1, 0.15) is 11.5 Å². The third kappa shape index (κ3) is 5.52. The number of piperidine rings is 1. The highest BCUT2D eigenvalue weighted by atomic mass is 16.5. The maximum absolute atomic E-state index is 12.8. The van der Waals surface area contributed by atoms with Gasteiger partial charge in [0.05, 0.1) is 43.3 Å². The maximum Gasteiger partial charge on any atom is 0.259 e. The first-order valence-corrected chi connectivity index (χ1v) is 12.7. The van der Waals surface area contributed by atoms with E-state index in [0.717, 1.165) is 42.6 Å². The number of nitrogens with one attached hydrogen (secondary N) is 2. The molecular weight excluding hydrogens is 484 g/mol. The van der Waals surface area contributed by atoms with Crippen LogP contribution in [0.25, 0.3) is 22.2 Å². The summed E-state index contributed by atoms with van der Waals surface area (Å²) < 4.78 is 5.22. The number of H-pyrrole nitrogens is 1. The van der Waals surface area contributed by atoms with E-state index in [1.807, 2.05) is 18.2 Å². The molecule has 4 aromatic rings. The van der Waals surface area contributed by atoms with Crippen molar-refractivity contribution in [2.75, 3.05) is 38.7 Å². The summed E-state index contributed by atoms with van der Waals surface area (Å²) in [6.07, 6.45) is 6.06. The normalized spacial score (nSPS) is 15.5. The zero-order valence-electron chi connectivity index (χ0n) is 21.5. The van der Waals surface area contributed by atoms with Crippen LogP contribution in [0.2, 0.25) is 0 Å². The van der Waals surface area contributed by atoms with Crippen molar-refractivity contribution < 1.29 is 14.9 Å². The molecule has 4 heterocycles. The highest BCUT2D eigenvalue weighted by molar-refractivity contribution is 5.94. The van der Waals surface area contributed by atoms with Gasteiger partial charge < -0.3 is 30.2 Å². The molecule has 0 saturated carbocycles. The van der Waals surface area contributed by atoms with Gasteiger partial charge in [0.15, 0.2) is 0 Å². The second-order valence-electron chi connectivity index (χ2n) is 9.68. The molecule has 0 radical (unpaired) electrons. The summed E-state index contributed by atoms with van der Waals surface area (Å²) in [7, 11) is 1.53. The Morgan fingerprint density at radius 1 is 1.16 bits per heavy atom. The number of β-amino-alcohol motifs (C(OH)–C–C–N with tert-alkyl or cyclic N) is 1. The number of methoxy groups -OCH3 is 1. The molecule has 5 rings (SSSR count). The molecule has 0 spiro atoms. The van der Waals surface area contributed by atoms with E-state index in [0.29, 0.717) is 40.9 Å². The fourth-order valence-corrected chi connectivity index (χ4v) is 5.14. The number of aryl methyl sites for hydroxylation is 1. The van der Waals surface area contributed by atoms with Crippen molar-refractivity contribution in [3.8, 4) is 17.3 Å². The van der Waals surface area contributed by atoms with Gasteiger partial charge in [-0.2, -0.15) is 0 Å². The third-order valence-electron chi connectivity index (χ3n) is 7.08. The van der Waals surface area contributed by atoms with Gasteiger partial charge in [0.2, 0.25) is 5.88 Å². The number of aliphatic hydroxyl groups is 2. The average molecular weight is 517 g/mol. The number of pyridine rings is 2. The van der Waals surface area contributed by atoms with Gasteiger partial charge in [0.25, 0.3) is 5.56 Å². The number of aromatic nitrogens is 4. The number of fused-ring (bicyclic) bond motifs is 1. The van der Waals surface area contributed by atoms with Crippen LogP contribution in [-0.4, -0.2) is 74.5 Å². The van der Waals surface area contributed by atoms with Crippen molar-refractivity contribution in [1.29, 1.82) is 0 Å². The summed E-state index contributed by atoms with van der Waals surface area (Å²) in [5.74, 6) is 1.25. The molecule has 0 aliphatic carbocycles. The second-order valence-corrected chi connectivity index (χ2v) is 9.68. The fourth-order valence-electron chi connectivity index (χ4n) is 5.14. The SMILES string of the molecule is COc1cncc(-c2cc3cc[nH]c(=O)c3c(Nc3ccc(C4CCN(CC(O)CO)CC4)c(C)c3)n2)n1. The summed E-state index contributed by atoms with van der Waals surface area (Å²) in [5.41, 5.74) is 4.18. The first kappa shape index (κ1) is 25.8. The largest absolute Gasteiger partial charge is 0.480 e. The Balaban J connectivity index is 1.41. The lowest BCUT2D eigenvalue weighted by atomic mass is 9.86. The number of nitrogens with zero attached hydrogens (tertiary/aromatic N) is 4. The monoisotopic (exact) mass is 516 g/mol. The Morgan fingerprint density at radius 3 is 2.71 bits per heavy atom. The number of anilines is 2. The number of benzene rings is 1. The minimum atomic E-state index is -0.690. The summed E-state index contributed by atoms with van der Waals surface area (Å²) in [6, 6.07) is 9.90. The number of aromatic amines is 1. The first-order chi connectivity index (χ1) is 18.4. The van der Waals surface area contributed by atoms with Crippen LogP contribution in [0.5, 0.6) is 5.88 Å². The molecule has 1 fully saturated rings. The van der Waals surface area contributed by atoms with Crippen LogP contribution < -0.4 is 15.6 Å². The van der Waals surface area contributed by atoms with Crippen molar-refractivity contribution in [1.82, 2.24) is 24.8 Å². The summed E-state index contributed by atoms with van der Waals surface area (Å²) >= 11 is 0. The molecule has 198 valence electrons. The maximum atomic E-state index is 12.8. The van der Waals surface area contributed by atoms with E-state index in [1.54, 1.807) is 12.4 Å². The molecular formula is C28H32N6O4. The first-order valence-electron chi connectivity index (χ1n) is 12.7. The lowest BCUT2D eigenvalue weighted by Gasteiger charge is -2.33. The van der Waals surface area contributed by atoms with E-state index in [1.165, 1.54) is 18.9 Å². The second kappa shape index (κ2) is 11.3. The zero-order valence-corrected chi connectivity index (χ0v) is 21.5. The number of ether oxygens (including phenoxy) is 1. The van der Waals surface area contributed by atoms with Crippen molar-refractivity contribution >= 4 is 22.3 Å². The molecule has 1 unspecified atom stereocenters. The number of hydrogen-bond acceptors (Lipinski definition) is 9. The van der Waals surface area contributed by atoms with Crippen LogP contribution in [0.3, 0.4) is 0 Å². The molecule has 38 heavy (non-hydrogen) atoms. The molecule has 0 bridgehead atoms. The van der Waals surface area contributed by atoms with E-state index in [2.05, 4.69) is 44.2 Å². The topological polar surface area (TPSA) is 136 Å². The van der Waals surface area contributed by atoms with Crippen molar-refractivity contribution in [2.24, 2.45) is 0 Å². The smallest absolute Gasteiger partial charge is 0.259 e. The van der Waals surface area contributed by atoms with Crippen LogP contribution in [0, 0.1) is 6.92 Å². The van der Waals surface area contributed by atoms with Crippen LogP contribution in [0.15, 0.2) is 53.7 Å². The van der Waals surface area contributed by atoms with Gasteiger partial charge in [-0.3, -0.25) is 9.78 Å². The molecule has 4 N–H and O–H groups in total. The molecule has 1 aliphatic heterocycles. The molecule has 1 aromatic carbocycles. The van der Waals surface area contributed by atoms with Gasteiger partial charge in [-0.25, -0.2) is 9.97 Å². The van der Waals surface area contributed by atoms with E-state index in [4.69, 9.17) is 14.8 Å². The van der Waals surface area contributed by atoms with Crippen LogP contribution in [-0.2, 0) is 0 Å². The molecule has 10 nitrogen and oxygen atoms in total. The number of likely N-dealkylation sites (tertiary alicyclic amines) is 1. The van der Waals surface area contributed by atoms with Gasteiger partial charge in [0, 0.05) is 18.4 Å². The number of aliphatic hydroxyl groups excluding tert-OH is 2. The van der Waals surface area contributed by atoms with Gasteiger partial charge >= 0.3 is 0 Å². The highest BCUT2D eigenvalue weighted by Crippen LogP contribution is 2.33. The molecule has 1 aliphatic rings. The van der Waals surface area contributed by atoms with Gasteiger partial charge in [-0.05, 0) is 79.6 Å². The van der Waals surface area contributed by atoms with Crippen LogP contribution in [0.4, 0.5) is 11.5 Å².